The molecular formula is C17H13ClN6O3. The molecule has 4 aromatic rings. The van der Waals surface area contributed by atoms with E-state index in [1.165, 1.54) is 22.8 Å². The summed E-state index contributed by atoms with van der Waals surface area (Å²) in [5.41, 5.74) is 6.91. The third-order valence-corrected chi connectivity index (χ3v) is 4.17. The van der Waals surface area contributed by atoms with E-state index in [4.69, 9.17) is 17.3 Å². The maximum atomic E-state index is 11.4. The fourth-order valence-electron chi connectivity index (χ4n) is 2.89. The topological polar surface area (TPSA) is 142 Å². The van der Waals surface area contributed by atoms with Gasteiger partial charge in [0.2, 0.25) is 5.95 Å². The van der Waals surface area contributed by atoms with E-state index in [0.717, 1.165) is 10.9 Å². The van der Waals surface area contributed by atoms with E-state index in [9.17, 15) is 15.0 Å². The van der Waals surface area contributed by atoms with E-state index in [-0.39, 0.29) is 23.3 Å². The highest BCUT2D eigenvalue weighted by Gasteiger charge is 2.21. The maximum absolute atomic E-state index is 11.4. The molecule has 0 saturated heterocycles. The van der Waals surface area contributed by atoms with Crippen LogP contribution in [-0.2, 0) is 0 Å². The summed E-state index contributed by atoms with van der Waals surface area (Å²) in [7, 11) is 0. The molecule has 0 aliphatic carbocycles. The molecule has 0 saturated carbocycles. The Morgan fingerprint density at radius 3 is 2.74 bits per heavy atom. The van der Waals surface area contributed by atoms with E-state index in [0.29, 0.717) is 16.4 Å². The van der Waals surface area contributed by atoms with Crippen LogP contribution in [0.5, 0.6) is 11.5 Å². The average molecular weight is 385 g/mol. The van der Waals surface area contributed by atoms with Gasteiger partial charge in [-0.15, -0.1) is 10.2 Å². The molecule has 0 aliphatic heterocycles. The third-order valence-electron chi connectivity index (χ3n) is 3.97. The average Bonchev–Trinajstić information content (AvgIpc) is 3.16. The predicted octanol–water partition coefficient (Wildman–Crippen LogP) is 2.97. The number of amides is 2. The van der Waals surface area contributed by atoms with Gasteiger partial charge in [-0.1, -0.05) is 17.7 Å². The molecule has 2 heterocycles. The van der Waals surface area contributed by atoms with E-state index in [2.05, 4.69) is 20.5 Å². The van der Waals surface area contributed by atoms with Crippen LogP contribution in [0.15, 0.2) is 42.5 Å². The summed E-state index contributed by atoms with van der Waals surface area (Å²) in [6, 6.07) is 10.4. The Labute approximate surface area is 157 Å². The Morgan fingerprint density at radius 2 is 2.00 bits per heavy atom. The van der Waals surface area contributed by atoms with Crippen molar-refractivity contribution in [3.63, 3.8) is 0 Å². The zero-order valence-electron chi connectivity index (χ0n) is 13.6. The van der Waals surface area contributed by atoms with Crippen LogP contribution in [0.4, 0.5) is 10.7 Å². The van der Waals surface area contributed by atoms with Gasteiger partial charge in [-0.25, -0.2) is 4.79 Å². The molecule has 0 atom stereocenters. The summed E-state index contributed by atoms with van der Waals surface area (Å²) in [5.74, 6) is 0.00161. The maximum Gasteiger partial charge on any atom is 0.319 e. The highest BCUT2D eigenvalue weighted by molar-refractivity contribution is 6.30. The van der Waals surface area contributed by atoms with Gasteiger partial charge in [-0.05, 0) is 30.3 Å². The molecule has 0 aliphatic rings. The smallest absolute Gasteiger partial charge is 0.319 e. The number of nitrogens with one attached hydrogen (secondary N) is 2. The van der Waals surface area contributed by atoms with Crippen LogP contribution >= 0.6 is 11.6 Å². The number of primary amides is 1. The number of carbonyl (C=O) groups excluding carboxylic acids is 1. The van der Waals surface area contributed by atoms with Crippen LogP contribution in [-0.4, -0.2) is 36.0 Å². The lowest BCUT2D eigenvalue weighted by molar-refractivity contribution is 0.259. The number of aromatic amines is 1. The number of urea groups is 1. The molecule has 2 amide bonds. The number of halogens is 1. The second-order valence-corrected chi connectivity index (χ2v) is 6.14. The first kappa shape index (κ1) is 16.7. The first-order chi connectivity index (χ1) is 12.9. The van der Waals surface area contributed by atoms with Gasteiger partial charge in [0.15, 0.2) is 5.82 Å². The van der Waals surface area contributed by atoms with Crippen molar-refractivity contribution in [3.05, 3.63) is 47.6 Å². The normalized spacial score (nSPS) is 11.0. The molecular weight excluding hydrogens is 372 g/mol. The first-order valence-electron chi connectivity index (χ1n) is 7.76. The van der Waals surface area contributed by atoms with Gasteiger partial charge in [-0.3, -0.25) is 9.88 Å². The Balaban J connectivity index is 2.02. The lowest BCUT2D eigenvalue weighted by Gasteiger charge is -2.12. The van der Waals surface area contributed by atoms with Crippen LogP contribution < -0.4 is 11.1 Å². The highest BCUT2D eigenvalue weighted by atomic mass is 35.5. The quantitative estimate of drug-likeness (QED) is 0.369. The number of H-pyrrole nitrogens is 1. The number of nitrogens with zero attached hydrogens (tertiary/aromatic N) is 3. The molecule has 27 heavy (non-hydrogen) atoms. The second-order valence-electron chi connectivity index (χ2n) is 5.73. The summed E-state index contributed by atoms with van der Waals surface area (Å²) in [6.45, 7) is 0. The number of carbonyl (C=O) groups is 1. The number of anilines is 1. The van der Waals surface area contributed by atoms with Crippen LogP contribution in [0.2, 0.25) is 5.15 Å². The fourth-order valence-corrected chi connectivity index (χ4v) is 3.10. The van der Waals surface area contributed by atoms with Crippen molar-refractivity contribution >= 4 is 34.5 Å². The van der Waals surface area contributed by atoms with Gasteiger partial charge in [0, 0.05) is 17.0 Å². The molecule has 2 aromatic carbocycles. The fraction of sp³-hybridized carbons (Fsp3) is 0. The molecule has 0 fully saturated rings. The minimum Gasteiger partial charge on any atom is -0.508 e. The Bertz CT molecular complexity index is 1180. The molecule has 4 rings (SSSR count). The Kier molecular flexibility index (Phi) is 3.85. The number of phenolic OH excluding ortho intramolecular Hbond substituents is 2. The first-order valence-corrected chi connectivity index (χ1v) is 8.13. The second kappa shape index (κ2) is 6.22. The van der Waals surface area contributed by atoms with Gasteiger partial charge in [0.05, 0.1) is 11.3 Å². The number of aromatic hydroxyl groups is 2. The van der Waals surface area contributed by atoms with Crippen LogP contribution in [0.3, 0.4) is 0 Å². The van der Waals surface area contributed by atoms with E-state index in [1.807, 2.05) is 6.07 Å². The molecule has 136 valence electrons. The van der Waals surface area contributed by atoms with Crippen molar-refractivity contribution in [1.29, 1.82) is 0 Å². The molecule has 10 heteroatoms. The van der Waals surface area contributed by atoms with Crippen LogP contribution in [0, 0.1) is 0 Å². The van der Waals surface area contributed by atoms with Crippen molar-refractivity contribution in [1.82, 2.24) is 19.7 Å². The minimum absolute atomic E-state index is 0.0646. The molecule has 0 unspecified atom stereocenters. The Morgan fingerprint density at radius 1 is 1.19 bits per heavy atom. The number of benzene rings is 2. The summed E-state index contributed by atoms with van der Waals surface area (Å²) in [6.07, 6.45) is 0. The molecule has 6 N–H and O–H groups in total. The monoisotopic (exact) mass is 384 g/mol. The molecule has 0 bridgehead atoms. The van der Waals surface area contributed by atoms with Crippen molar-refractivity contribution in [2.75, 3.05) is 5.32 Å². The van der Waals surface area contributed by atoms with Crippen molar-refractivity contribution in [3.8, 4) is 28.6 Å². The molecule has 0 radical (unpaired) electrons. The molecule has 0 spiro atoms. The lowest BCUT2D eigenvalue weighted by atomic mass is 10.1. The number of hydrogen-bond donors (Lipinski definition) is 5. The van der Waals surface area contributed by atoms with Crippen LogP contribution in [0.25, 0.3) is 28.0 Å². The number of aromatic nitrogens is 4. The largest absolute Gasteiger partial charge is 0.508 e. The number of fused-ring (bicyclic) bond motifs is 1. The zero-order chi connectivity index (χ0) is 19.1. The van der Waals surface area contributed by atoms with Gasteiger partial charge in [0.25, 0.3) is 0 Å². The summed E-state index contributed by atoms with van der Waals surface area (Å²) in [4.78, 5) is 14.4. The minimum atomic E-state index is -0.815. The van der Waals surface area contributed by atoms with E-state index in [1.54, 1.807) is 18.2 Å². The summed E-state index contributed by atoms with van der Waals surface area (Å²) in [5, 5.41) is 31.4. The number of rotatable bonds is 3. The van der Waals surface area contributed by atoms with Gasteiger partial charge < -0.3 is 20.9 Å². The predicted molar refractivity (Wildman–Crippen MR) is 100 cm³/mol. The summed E-state index contributed by atoms with van der Waals surface area (Å²) < 4.78 is 1.53. The van der Waals surface area contributed by atoms with Crippen molar-refractivity contribution < 1.29 is 15.0 Å². The van der Waals surface area contributed by atoms with Gasteiger partial charge >= 0.3 is 6.03 Å². The standard InChI is InChI=1S/C17H13ClN6O3/c18-14-7-10-11(20-14)2-1-3-12(10)24-15(22-23-17(24)21-16(19)27)9-5-4-8(25)6-13(9)26/h1-7,20,25-26H,(H3,19,21,23,27). The van der Waals surface area contributed by atoms with Gasteiger partial charge in [-0.2, -0.15) is 0 Å². The van der Waals surface area contributed by atoms with Gasteiger partial charge in [0.1, 0.15) is 16.7 Å². The number of nitrogens with two attached hydrogens (primary N) is 1. The lowest BCUT2D eigenvalue weighted by Crippen LogP contribution is -2.22. The van der Waals surface area contributed by atoms with Crippen LogP contribution in [0.1, 0.15) is 0 Å². The third kappa shape index (κ3) is 2.89. The SMILES string of the molecule is NC(=O)Nc1nnc(-c2ccc(O)cc2O)n1-c1cccc2[nH]c(Cl)cc12. The van der Waals surface area contributed by atoms with E-state index < -0.39 is 6.03 Å². The molecule has 2 aromatic heterocycles. The van der Waals surface area contributed by atoms with E-state index >= 15 is 0 Å². The number of phenols is 2. The summed E-state index contributed by atoms with van der Waals surface area (Å²) >= 11 is 6.09. The zero-order valence-corrected chi connectivity index (χ0v) is 14.4. The Hall–Kier alpha value is -3.72. The molecule has 9 nitrogen and oxygen atoms in total. The number of hydrogen-bond acceptors (Lipinski definition) is 5. The highest BCUT2D eigenvalue weighted by Crippen LogP contribution is 2.36. The van der Waals surface area contributed by atoms with Crippen molar-refractivity contribution in [2.24, 2.45) is 5.73 Å². The van der Waals surface area contributed by atoms with Crippen molar-refractivity contribution in [2.45, 2.75) is 0 Å².